The highest BCUT2D eigenvalue weighted by atomic mass is 19.4. The fourth-order valence-electron chi connectivity index (χ4n) is 4.33. The number of halogens is 3. The van der Waals surface area contributed by atoms with Gasteiger partial charge in [0.15, 0.2) is 5.58 Å². The number of piperidine rings is 1. The number of aryl methyl sites for hydroxylation is 2. The van der Waals surface area contributed by atoms with Gasteiger partial charge in [-0.2, -0.15) is 13.2 Å². The molecule has 32 heavy (non-hydrogen) atoms. The van der Waals surface area contributed by atoms with Crippen LogP contribution >= 0.6 is 0 Å². The molecule has 2 heterocycles. The minimum atomic E-state index is -4.96. The van der Waals surface area contributed by atoms with Crippen molar-refractivity contribution in [2.75, 3.05) is 13.1 Å². The van der Waals surface area contributed by atoms with Crippen LogP contribution in [0.4, 0.5) is 13.2 Å². The fraction of sp³-hybridized carbons (Fsp3) is 0.375. The summed E-state index contributed by atoms with van der Waals surface area (Å²) in [4.78, 5) is 14.3. The zero-order valence-electron chi connectivity index (χ0n) is 17.9. The van der Waals surface area contributed by atoms with Crippen molar-refractivity contribution < 1.29 is 32.3 Å². The fourth-order valence-corrected chi connectivity index (χ4v) is 4.33. The Balaban J connectivity index is 1.88. The van der Waals surface area contributed by atoms with E-state index >= 15 is 0 Å². The van der Waals surface area contributed by atoms with Crippen LogP contribution in [0.3, 0.4) is 0 Å². The number of hydrogen-bond acceptors (Lipinski definition) is 4. The lowest BCUT2D eigenvalue weighted by molar-refractivity contribution is -0.918. The first-order valence-corrected chi connectivity index (χ1v) is 10.6. The van der Waals surface area contributed by atoms with Gasteiger partial charge in [0, 0.05) is 0 Å². The molecule has 3 aromatic rings. The van der Waals surface area contributed by atoms with Crippen LogP contribution in [0.5, 0.6) is 17.2 Å². The Labute approximate surface area is 183 Å². The van der Waals surface area contributed by atoms with Gasteiger partial charge in [0.05, 0.1) is 24.0 Å². The van der Waals surface area contributed by atoms with Crippen molar-refractivity contribution in [1.82, 2.24) is 0 Å². The van der Waals surface area contributed by atoms with Crippen LogP contribution in [0.1, 0.15) is 41.7 Å². The second-order valence-electron chi connectivity index (χ2n) is 8.44. The number of quaternary nitrogens is 1. The predicted octanol–water partition coefficient (Wildman–Crippen LogP) is 4.50. The van der Waals surface area contributed by atoms with Crippen LogP contribution in [0.15, 0.2) is 39.5 Å². The summed E-state index contributed by atoms with van der Waals surface area (Å²) in [6.07, 6.45) is -1.83. The minimum Gasteiger partial charge on any atom is -0.507 e. The number of alkyl halides is 3. The van der Waals surface area contributed by atoms with Gasteiger partial charge in [0.1, 0.15) is 18.0 Å². The third-order valence-corrected chi connectivity index (χ3v) is 5.76. The van der Waals surface area contributed by atoms with Crippen LogP contribution in [0, 0.1) is 13.8 Å². The van der Waals surface area contributed by atoms with E-state index in [1.54, 1.807) is 26.0 Å². The van der Waals surface area contributed by atoms with Crippen molar-refractivity contribution in [1.29, 1.82) is 0 Å². The second kappa shape index (κ2) is 8.50. The Morgan fingerprint density at radius 3 is 2.34 bits per heavy atom. The highest BCUT2D eigenvalue weighted by Crippen LogP contribution is 2.40. The maximum absolute atomic E-state index is 13.9. The molecule has 0 saturated carbocycles. The van der Waals surface area contributed by atoms with Crippen molar-refractivity contribution in [2.45, 2.75) is 45.8 Å². The van der Waals surface area contributed by atoms with E-state index in [1.165, 1.54) is 12.1 Å². The first-order chi connectivity index (χ1) is 15.1. The summed E-state index contributed by atoms with van der Waals surface area (Å²) < 4.78 is 52.5. The summed E-state index contributed by atoms with van der Waals surface area (Å²) in [5.74, 6) is -2.47. The number of nitrogens with one attached hydrogen (secondary N) is 1. The number of fused-ring (bicyclic) bond motifs is 1. The van der Waals surface area contributed by atoms with Crippen LogP contribution in [-0.4, -0.2) is 18.2 Å². The Morgan fingerprint density at radius 2 is 1.72 bits per heavy atom. The molecule has 0 bridgehead atoms. The van der Waals surface area contributed by atoms with Gasteiger partial charge in [-0.05, 0) is 68.5 Å². The molecule has 2 aromatic carbocycles. The molecular weight excluding hydrogens is 423 g/mol. The van der Waals surface area contributed by atoms with Gasteiger partial charge in [-0.3, -0.25) is 4.79 Å². The molecular formula is C24H25F3NO4+. The molecule has 0 amide bonds. The number of phenols is 1. The Kier molecular flexibility index (Phi) is 5.90. The van der Waals surface area contributed by atoms with E-state index in [9.17, 15) is 23.1 Å². The van der Waals surface area contributed by atoms with Crippen LogP contribution in [-0.2, 0) is 12.7 Å². The quantitative estimate of drug-likeness (QED) is 0.617. The van der Waals surface area contributed by atoms with Crippen molar-refractivity contribution in [2.24, 2.45) is 0 Å². The standard InChI is InChI=1S/C24H24F3NO4/c1-14-10-15(2)12-16(11-14)31-22-20(30)17-6-7-19(29)18(13-28-8-4-3-5-9-28)21(17)32-23(22)24(25,26)27/h6-7,10-12,29H,3-5,8-9,13H2,1-2H3/p+1. The Hall–Kier alpha value is -3.00. The molecule has 0 aliphatic carbocycles. The van der Waals surface area contributed by atoms with Crippen molar-refractivity contribution in [3.05, 3.63) is 63.0 Å². The molecule has 0 atom stereocenters. The largest absolute Gasteiger partial charge is 0.507 e. The average molecular weight is 448 g/mol. The third kappa shape index (κ3) is 4.46. The molecule has 4 rings (SSSR count). The van der Waals surface area contributed by atoms with Gasteiger partial charge in [0.25, 0.3) is 5.76 Å². The maximum atomic E-state index is 13.9. The number of rotatable bonds is 4. The number of aromatic hydroxyl groups is 1. The first kappa shape index (κ1) is 22.2. The van der Waals surface area contributed by atoms with E-state index in [0.717, 1.165) is 48.4 Å². The summed E-state index contributed by atoms with van der Waals surface area (Å²) in [6.45, 7) is 5.54. The maximum Gasteiger partial charge on any atom is 0.453 e. The van der Waals surface area contributed by atoms with Crippen molar-refractivity contribution in [3.8, 4) is 17.2 Å². The first-order valence-electron chi connectivity index (χ1n) is 10.6. The monoisotopic (exact) mass is 448 g/mol. The topological polar surface area (TPSA) is 64.1 Å². The second-order valence-corrected chi connectivity index (χ2v) is 8.44. The normalized spacial score (nSPS) is 15.3. The van der Waals surface area contributed by atoms with E-state index in [2.05, 4.69) is 0 Å². The summed E-state index contributed by atoms with van der Waals surface area (Å²) in [5.41, 5.74) is 0.617. The molecule has 170 valence electrons. The smallest absolute Gasteiger partial charge is 0.453 e. The number of benzene rings is 2. The molecule has 0 spiro atoms. The Morgan fingerprint density at radius 1 is 1.06 bits per heavy atom. The van der Waals surface area contributed by atoms with Gasteiger partial charge in [0.2, 0.25) is 11.2 Å². The van der Waals surface area contributed by atoms with E-state index in [4.69, 9.17) is 9.15 Å². The lowest BCUT2D eigenvalue weighted by atomic mass is 10.1. The van der Waals surface area contributed by atoms with Gasteiger partial charge < -0.3 is 19.2 Å². The zero-order chi connectivity index (χ0) is 23.0. The zero-order valence-corrected chi connectivity index (χ0v) is 17.9. The number of phenolic OH excluding ortho intramolecular Hbond substituents is 1. The summed E-state index contributed by atoms with van der Waals surface area (Å²) in [7, 11) is 0. The van der Waals surface area contributed by atoms with Gasteiger partial charge in [-0.25, -0.2) is 0 Å². The molecule has 2 N–H and O–H groups in total. The number of ether oxygens (including phenoxy) is 1. The molecule has 1 aliphatic heterocycles. The van der Waals surface area contributed by atoms with Crippen LogP contribution in [0.2, 0.25) is 0 Å². The van der Waals surface area contributed by atoms with Gasteiger partial charge in [-0.15, -0.1) is 0 Å². The SMILES string of the molecule is Cc1cc(C)cc(Oc2c(C(F)(F)F)oc3c(C[NH+]4CCCCC4)c(O)ccc3c2=O)c1. The van der Waals surface area contributed by atoms with Crippen LogP contribution in [0.25, 0.3) is 11.0 Å². The van der Waals surface area contributed by atoms with Gasteiger partial charge >= 0.3 is 6.18 Å². The average Bonchev–Trinajstić information content (AvgIpc) is 2.71. The van der Waals surface area contributed by atoms with Gasteiger partial charge in [-0.1, -0.05) is 6.07 Å². The van der Waals surface area contributed by atoms with Crippen molar-refractivity contribution >= 4 is 11.0 Å². The molecule has 1 saturated heterocycles. The highest BCUT2D eigenvalue weighted by Gasteiger charge is 2.41. The van der Waals surface area contributed by atoms with Crippen LogP contribution < -0.4 is 15.1 Å². The van der Waals surface area contributed by atoms with E-state index < -0.39 is 23.1 Å². The van der Waals surface area contributed by atoms with E-state index in [0.29, 0.717) is 0 Å². The third-order valence-electron chi connectivity index (χ3n) is 5.76. The lowest BCUT2D eigenvalue weighted by Crippen LogP contribution is -3.11. The lowest BCUT2D eigenvalue weighted by Gasteiger charge is -2.24. The van der Waals surface area contributed by atoms with E-state index in [-0.39, 0.29) is 34.6 Å². The molecule has 1 aliphatic rings. The predicted molar refractivity (Wildman–Crippen MR) is 113 cm³/mol. The molecule has 8 heteroatoms. The minimum absolute atomic E-state index is 0.0541. The van der Waals surface area contributed by atoms with E-state index in [1.807, 2.05) is 6.07 Å². The molecule has 1 aromatic heterocycles. The molecule has 0 unspecified atom stereocenters. The van der Waals surface area contributed by atoms with Crippen molar-refractivity contribution in [3.63, 3.8) is 0 Å². The Bertz CT molecular complexity index is 1190. The number of likely N-dealkylation sites (tertiary alicyclic amines) is 1. The highest BCUT2D eigenvalue weighted by molar-refractivity contribution is 5.83. The summed E-state index contributed by atoms with van der Waals surface area (Å²) in [5, 5.41) is 10.3. The molecule has 5 nitrogen and oxygen atoms in total. The summed E-state index contributed by atoms with van der Waals surface area (Å²) >= 11 is 0. The summed E-state index contributed by atoms with van der Waals surface area (Å²) in [6, 6.07) is 7.56. The number of hydrogen-bond donors (Lipinski definition) is 2. The molecule has 0 radical (unpaired) electrons. The molecule has 1 fully saturated rings.